The Kier molecular flexibility index (Phi) is 40.0. The molecule has 0 aliphatic carbocycles. The maximum Gasteiger partial charge on any atom is 0.306 e. The van der Waals surface area contributed by atoms with E-state index in [2.05, 4.69) is 50.3 Å². The smallest absolute Gasteiger partial charge is 0.306 e. The van der Waals surface area contributed by atoms with Gasteiger partial charge in [0.1, 0.15) is 6.61 Å². The molecule has 0 aliphatic heterocycles. The molecule has 0 heterocycles. The topological polar surface area (TPSA) is 72.8 Å². The minimum absolute atomic E-state index is 0.0644. The lowest BCUT2D eigenvalue weighted by molar-refractivity contribution is -0.161. The van der Waals surface area contributed by atoms with Crippen molar-refractivity contribution >= 4 is 11.9 Å². The van der Waals surface area contributed by atoms with Crippen LogP contribution in [0, 0.1) is 0 Å². The Labute approximate surface area is 310 Å². The second kappa shape index (κ2) is 41.5. The lowest BCUT2D eigenvalue weighted by Crippen LogP contribution is -2.28. The number of ether oxygens (including phenoxy) is 2. The average molecular weight is 703 g/mol. The Bertz CT molecular complexity index is 801. The Morgan fingerprint density at radius 1 is 0.460 bits per heavy atom. The van der Waals surface area contributed by atoms with Gasteiger partial charge < -0.3 is 14.6 Å². The van der Waals surface area contributed by atoms with Crippen molar-refractivity contribution in [2.24, 2.45) is 0 Å². The first-order valence-corrected chi connectivity index (χ1v) is 21.5. The van der Waals surface area contributed by atoms with Crippen LogP contribution in [-0.4, -0.2) is 36.4 Å². The summed E-state index contributed by atoms with van der Waals surface area (Å²) in [4.78, 5) is 24.2. The molecule has 0 saturated heterocycles. The average Bonchev–Trinajstić information content (AvgIpc) is 3.12. The fourth-order valence-corrected chi connectivity index (χ4v) is 6.15. The Morgan fingerprint density at radius 3 is 1.20 bits per heavy atom. The third-order valence-corrected chi connectivity index (χ3v) is 9.44. The van der Waals surface area contributed by atoms with E-state index in [-0.39, 0.29) is 25.2 Å². The number of carbonyl (C=O) groups excluding carboxylic acids is 2. The van der Waals surface area contributed by atoms with Crippen molar-refractivity contribution in [3.05, 3.63) is 36.5 Å². The highest BCUT2D eigenvalue weighted by Gasteiger charge is 2.16. The number of aliphatic hydroxyl groups excluding tert-OH is 1. The van der Waals surface area contributed by atoms with Crippen molar-refractivity contribution in [3.63, 3.8) is 0 Å². The molecular weight excluding hydrogens is 620 g/mol. The summed E-state index contributed by atoms with van der Waals surface area (Å²) in [7, 11) is 0. The van der Waals surface area contributed by atoms with E-state index in [1.54, 1.807) is 0 Å². The highest BCUT2D eigenvalue weighted by molar-refractivity contribution is 5.70. The van der Waals surface area contributed by atoms with Gasteiger partial charge in [-0.1, -0.05) is 192 Å². The number of allylic oxidation sites excluding steroid dienone is 6. The molecule has 0 saturated carbocycles. The zero-order valence-electron chi connectivity index (χ0n) is 33.2. The summed E-state index contributed by atoms with van der Waals surface area (Å²) in [5, 5.41) is 9.56. The van der Waals surface area contributed by atoms with Gasteiger partial charge in [-0.2, -0.15) is 0 Å². The van der Waals surface area contributed by atoms with Crippen LogP contribution in [0.5, 0.6) is 0 Å². The van der Waals surface area contributed by atoms with Crippen molar-refractivity contribution in [1.82, 2.24) is 0 Å². The lowest BCUT2D eigenvalue weighted by atomic mass is 10.0. The number of carbonyl (C=O) groups is 2. The Morgan fingerprint density at radius 2 is 0.800 bits per heavy atom. The van der Waals surface area contributed by atoms with E-state index in [1.807, 2.05) is 0 Å². The van der Waals surface area contributed by atoms with Crippen LogP contribution in [0.3, 0.4) is 0 Å². The minimum atomic E-state index is -0.769. The Balaban J connectivity index is 3.51. The van der Waals surface area contributed by atoms with E-state index < -0.39 is 6.10 Å². The number of hydrogen-bond donors (Lipinski definition) is 1. The lowest BCUT2D eigenvalue weighted by Gasteiger charge is -2.15. The van der Waals surface area contributed by atoms with Crippen LogP contribution in [0.2, 0.25) is 0 Å². The number of aliphatic hydroxyl groups is 1. The fourth-order valence-electron chi connectivity index (χ4n) is 6.15. The quantitative estimate of drug-likeness (QED) is 0.0392. The maximum atomic E-state index is 12.2. The van der Waals surface area contributed by atoms with Gasteiger partial charge in [0.15, 0.2) is 6.10 Å². The minimum Gasteiger partial charge on any atom is -0.462 e. The van der Waals surface area contributed by atoms with Gasteiger partial charge >= 0.3 is 11.9 Å². The zero-order chi connectivity index (χ0) is 36.4. The predicted octanol–water partition coefficient (Wildman–Crippen LogP) is 13.6. The summed E-state index contributed by atoms with van der Waals surface area (Å²) in [5.41, 5.74) is 0. The molecule has 0 aromatic rings. The van der Waals surface area contributed by atoms with Gasteiger partial charge in [-0.15, -0.1) is 0 Å². The van der Waals surface area contributed by atoms with Gasteiger partial charge in [-0.3, -0.25) is 9.59 Å². The van der Waals surface area contributed by atoms with Crippen LogP contribution in [-0.2, 0) is 19.1 Å². The van der Waals surface area contributed by atoms with E-state index in [9.17, 15) is 14.7 Å². The van der Waals surface area contributed by atoms with Crippen LogP contribution < -0.4 is 0 Å². The summed E-state index contributed by atoms with van der Waals surface area (Å²) in [6.07, 6.45) is 50.7. The highest BCUT2D eigenvalue weighted by Crippen LogP contribution is 2.14. The van der Waals surface area contributed by atoms with Crippen LogP contribution in [0.1, 0.15) is 219 Å². The molecule has 1 N–H and O–H groups in total. The Hall–Kier alpha value is -1.88. The molecule has 5 nitrogen and oxygen atoms in total. The number of esters is 2. The normalized spacial score (nSPS) is 12.5. The first-order valence-electron chi connectivity index (χ1n) is 21.5. The monoisotopic (exact) mass is 703 g/mol. The molecule has 0 aromatic carbocycles. The van der Waals surface area contributed by atoms with E-state index in [1.165, 1.54) is 141 Å². The third kappa shape index (κ3) is 38.9. The van der Waals surface area contributed by atoms with Crippen LogP contribution in [0.15, 0.2) is 36.5 Å². The summed E-state index contributed by atoms with van der Waals surface area (Å²) in [6.45, 7) is 4.12. The first kappa shape index (κ1) is 48.1. The van der Waals surface area contributed by atoms with Gasteiger partial charge in [0.25, 0.3) is 0 Å². The summed E-state index contributed by atoms with van der Waals surface area (Å²) < 4.78 is 10.6. The number of hydrogen-bond acceptors (Lipinski definition) is 5. The molecule has 0 rings (SSSR count). The third-order valence-electron chi connectivity index (χ3n) is 9.44. The zero-order valence-corrected chi connectivity index (χ0v) is 33.2. The van der Waals surface area contributed by atoms with E-state index >= 15 is 0 Å². The van der Waals surface area contributed by atoms with E-state index in [0.717, 1.165) is 51.4 Å². The van der Waals surface area contributed by atoms with Gasteiger partial charge in [0.05, 0.1) is 6.61 Å². The molecule has 5 heteroatoms. The molecule has 0 aliphatic rings. The molecule has 0 spiro atoms. The molecule has 1 unspecified atom stereocenters. The van der Waals surface area contributed by atoms with Gasteiger partial charge in [0, 0.05) is 12.8 Å². The van der Waals surface area contributed by atoms with Gasteiger partial charge in [0.2, 0.25) is 0 Å². The SMILES string of the molecule is CCCCCCC/C=C\C/C=C\C/C=C\CCCCCCCCCCCCC(=O)OC(CO)COC(=O)CCCCCCCCCCCCC. The molecule has 0 amide bonds. The molecule has 1 atom stereocenters. The standard InChI is InChI=1S/C45H82O5/c1-3-5-7-9-11-13-15-16-17-18-19-20-21-22-23-24-25-26-27-28-30-32-34-36-38-40-45(48)50-43(41-46)42-49-44(47)39-37-35-33-31-29-14-12-10-8-6-4-2/h15-16,18-19,21-22,43,46H,3-14,17,20,23-42H2,1-2H3/b16-15-,19-18-,22-21-. The molecule has 0 fully saturated rings. The summed E-state index contributed by atoms with van der Waals surface area (Å²) >= 11 is 0. The molecular formula is C45H82O5. The molecule has 0 radical (unpaired) electrons. The van der Waals surface area contributed by atoms with Gasteiger partial charge in [-0.25, -0.2) is 0 Å². The van der Waals surface area contributed by atoms with Crippen LogP contribution in [0.4, 0.5) is 0 Å². The summed E-state index contributed by atoms with van der Waals surface area (Å²) in [5.74, 6) is -0.590. The van der Waals surface area contributed by atoms with Crippen molar-refractivity contribution in [1.29, 1.82) is 0 Å². The number of rotatable bonds is 39. The molecule has 50 heavy (non-hydrogen) atoms. The van der Waals surface area contributed by atoms with Crippen molar-refractivity contribution < 1.29 is 24.2 Å². The maximum absolute atomic E-state index is 12.2. The van der Waals surface area contributed by atoms with Crippen LogP contribution >= 0.6 is 0 Å². The summed E-state index contributed by atoms with van der Waals surface area (Å²) in [6, 6.07) is 0. The fraction of sp³-hybridized carbons (Fsp3) is 0.822. The second-order valence-corrected chi connectivity index (χ2v) is 14.4. The van der Waals surface area contributed by atoms with E-state index in [4.69, 9.17) is 9.47 Å². The predicted molar refractivity (Wildman–Crippen MR) is 214 cm³/mol. The first-order chi connectivity index (χ1) is 24.6. The van der Waals surface area contributed by atoms with Crippen molar-refractivity contribution in [2.75, 3.05) is 13.2 Å². The second-order valence-electron chi connectivity index (χ2n) is 14.4. The highest BCUT2D eigenvalue weighted by atomic mass is 16.6. The molecule has 0 aromatic heterocycles. The number of unbranched alkanes of at least 4 members (excludes halogenated alkanes) is 25. The molecule has 0 bridgehead atoms. The van der Waals surface area contributed by atoms with Crippen molar-refractivity contribution in [3.8, 4) is 0 Å². The van der Waals surface area contributed by atoms with Gasteiger partial charge in [-0.05, 0) is 51.4 Å². The van der Waals surface area contributed by atoms with E-state index in [0.29, 0.717) is 12.8 Å². The van der Waals surface area contributed by atoms with Crippen LogP contribution in [0.25, 0.3) is 0 Å². The van der Waals surface area contributed by atoms with Crippen molar-refractivity contribution in [2.45, 2.75) is 225 Å². The largest absolute Gasteiger partial charge is 0.462 e. The molecule has 292 valence electrons.